The second kappa shape index (κ2) is 12.7. The Bertz CT molecular complexity index is 1220. The maximum Gasteiger partial charge on any atom is 0.387 e. The number of carbonyl (C=O) groups excluding carboxylic acids is 1. The lowest BCUT2D eigenvalue weighted by atomic mass is 10.2. The highest BCUT2D eigenvalue weighted by molar-refractivity contribution is 7.89. The zero-order chi connectivity index (χ0) is 27.1. The van der Waals surface area contributed by atoms with Crippen LogP contribution in [0.1, 0.15) is 31.7 Å². The van der Waals surface area contributed by atoms with E-state index in [-0.39, 0.29) is 10.6 Å². The van der Waals surface area contributed by atoms with Gasteiger partial charge in [0.05, 0.1) is 16.3 Å². The molecule has 38 heavy (non-hydrogen) atoms. The third-order valence-corrected chi connectivity index (χ3v) is 8.77. The van der Waals surface area contributed by atoms with E-state index in [1.165, 1.54) is 22.5 Å². The van der Waals surface area contributed by atoms with Gasteiger partial charge in [0.1, 0.15) is 5.75 Å². The molecular formula is C27H34F2N4O4S. The van der Waals surface area contributed by atoms with Crippen molar-refractivity contribution >= 4 is 33.4 Å². The number of hydrogen-bond acceptors (Lipinski definition) is 6. The lowest BCUT2D eigenvalue weighted by molar-refractivity contribution is -0.111. The van der Waals surface area contributed by atoms with E-state index >= 15 is 0 Å². The number of benzene rings is 2. The predicted octanol–water partition coefficient (Wildman–Crippen LogP) is 4.26. The molecule has 2 aromatic carbocycles. The molecule has 0 saturated carbocycles. The third-order valence-electron chi connectivity index (χ3n) is 6.87. The van der Waals surface area contributed by atoms with Crippen LogP contribution in [0.25, 0.3) is 6.08 Å². The minimum atomic E-state index is -3.68. The van der Waals surface area contributed by atoms with Gasteiger partial charge in [0.2, 0.25) is 15.9 Å². The van der Waals surface area contributed by atoms with Crippen LogP contribution in [0.3, 0.4) is 0 Å². The van der Waals surface area contributed by atoms with Gasteiger partial charge in [-0.1, -0.05) is 25.5 Å². The van der Waals surface area contributed by atoms with E-state index in [1.807, 2.05) is 0 Å². The standard InChI is InChI=1S/C27H34F2N4O4S/c1-2-31-16-18-32(19-17-31)25-12-11-23(38(35,36)33-14-4-3-5-15-33)20-24(25)30-26(34)13-8-21-6-9-22(10-7-21)37-27(28)29/h6-13,20,27H,2-5,14-19H2,1H3,(H,30,34). The fourth-order valence-electron chi connectivity index (χ4n) is 4.72. The second-order valence-corrected chi connectivity index (χ2v) is 11.3. The van der Waals surface area contributed by atoms with Crippen molar-refractivity contribution in [2.45, 2.75) is 37.7 Å². The molecule has 206 valence electrons. The van der Waals surface area contributed by atoms with Gasteiger partial charge < -0.3 is 19.9 Å². The van der Waals surface area contributed by atoms with Crippen molar-refractivity contribution < 1.29 is 26.7 Å². The SMILES string of the molecule is CCN1CCN(c2ccc(S(=O)(=O)N3CCCCC3)cc2NC(=O)C=Cc2ccc(OC(F)F)cc2)CC1. The molecule has 0 aliphatic carbocycles. The summed E-state index contributed by atoms with van der Waals surface area (Å²) in [7, 11) is -3.68. The molecule has 8 nitrogen and oxygen atoms in total. The van der Waals surface area contributed by atoms with Gasteiger partial charge in [-0.3, -0.25) is 4.79 Å². The van der Waals surface area contributed by atoms with Gasteiger partial charge in [0.25, 0.3) is 0 Å². The third kappa shape index (κ3) is 7.09. The first-order valence-corrected chi connectivity index (χ1v) is 14.4. The predicted molar refractivity (Wildman–Crippen MR) is 144 cm³/mol. The summed E-state index contributed by atoms with van der Waals surface area (Å²) < 4.78 is 57.2. The molecule has 1 amide bonds. The molecular weight excluding hydrogens is 514 g/mol. The van der Waals surface area contributed by atoms with E-state index in [2.05, 4.69) is 26.8 Å². The Labute approximate surface area is 222 Å². The van der Waals surface area contributed by atoms with Gasteiger partial charge >= 0.3 is 6.61 Å². The average molecular weight is 549 g/mol. The van der Waals surface area contributed by atoms with Crippen molar-refractivity contribution in [3.63, 3.8) is 0 Å². The van der Waals surface area contributed by atoms with Crippen LogP contribution in [0.4, 0.5) is 20.2 Å². The Balaban J connectivity index is 1.55. The quantitative estimate of drug-likeness (QED) is 0.472. The first kappa shape index (κ1) is 28.0. The molecule has 2 aliphatic heterocycles. The summed E-state index contributed by atoms with van der Waals surface area (Å²) in [5.74, 6) is -0.403. The highest BCUT2D eigenvalue weighted by atomic mass is 32.2. The van der Waals surface area contributed by atoms with E-state index in [9.17, 15) is 22.0 Å². The maximum atomic E-state index is 13.3. The first-order valence-electron chi connectivity index (χ1n) is 12.9. The minimum Gasteiger partial charge on any atom is -0.435 e. The highest BCUT2D eigenvalue weighted by Gasteiger charge is 2.28. The van der Waals surface area contributed by atoms with Crippen LogP contribution >= 0.6 is 0 Å². The molecule has 0 unspecified atom stereocenters. The summed E-state index contributed by atoms with van der Waals surface area (Å²) in [6, 6.07) is 10.9. The van der Waals surface area contributed by atoms with Crippen molar-refractivity contribution in [3.8, 4) is 5.75 Å². The second-order valence-electron chi connectivity index (χ2n) is 9.34. The average Bonchev–Trinajstić information content (AvgIpc) is 2.93. The van der Waals surface area contributed by atoms with Gasteiger partial charge in [-0.05, 0) is 61.4 Å². The normalized spacial score (nSPS) is 17.7. The molecule has 0 radical (unpaired) electrons. The van der Waals surface area contributed by atoms with Crippen molar-refractivity contribution in [1.82, 2.24) is 9.21 Å². The summed E-state index contributed by atoms with van der Waals surface area (Å²) in [5.41, 5.74) is 1.83. The number of ether oxygens (including phenoxy) is 1. The zero-order valence-corrected chi connectivity index (χ0v) is 22.3. The minimum absolute atomic E-state index is 0.0288. The summed E-state index contributed by atoms with van der Waals surface area (Å²) in [6.45, 7) is 4.44. The molecule has 0 atom stereocenters. The van der Waals surface area contributed by atoms with E-state index in [0.717, 1.165) is 57.7 Å². The maximum absolute atomic E-state index is 13.3. The van der Waals surface area contributed by atoms with Crippen molar-refractivity contribution in [1.29, 1.82) is 0 Å². The van der Waals surface area contributed by atoms with Crippen LogP contribution < -0.4 is 15.0 Å². The zero-order valence-electron chi connectivity index (χ0n) is 21.5. The van der Waals surface area contributed by atoms with Crippen LogP contribution in [0.15, 0.2) is 53.4 Å². The number of piperazine rings is 1. The van der Waals surface area contributed by atoms with Crippen molar-refractivity contribution in [2.75, 3.05) is 56.0 Å². The largest absolute Gasteiger partial charge is 0.435 e. The molecule has 4 rings (SSSR count). The smallest absolute Gasteiger partial charge is 0.387 e. The number of anilines is 2. The van der Waals surface area contributed by atoms with E-state index in [1.54, 1.807) is 36.4 Å². The number of amides is 1. The van der Waals surface area contributed by atoms with Gasteiger partial charge in [-0.15, -0.1) is 0 Å². The molecule has 2 fully saturated rings. The van der Waals surface area contributed by atoms with Crippen LogP contribution in [0.2, 0.25) is 0 Å². The van der Waals surface area contributed by atoms with Crippen LogP contribution in [0.5, 0.6) is 5.75 Å². The number of nitrogens with zero attached hydrogens (tertiary/aromatic N) is 3. The highest BCUT2D eigenvalue weighted by Crippen LogP contribution is 2.32. The number of nitrogens with one attached hydrogen (secondary N) is 1. The topological polar surface area (TPSA) is 82.2 Å². The molecule has 2 aliphatic rings. The molecule has 0 aromatic heterocycles. The number of piperidine rings is 1. The number of likely N-dealkylation sites (N-methyl/N-ethyl adjacent to an activating group) is 1. The van der Waals surface area contributed by atoms with Gasteiger partial charge in [-0.2, -0.15) is 13.1 Å². The number of rotatable bonds is 9. The van der Waals surface area contributed by atoms with Gasteiger partial charge in [0.15, 0.2) is 0 Å². The Morgan fingerprint density at radius 3 is 2.32 bits per heavy atom. The summed E-state index contributed by atoms with van der Waals surface area (Å²) in [4.78, 5) is 17.5. The van der Waals surface area contributed by atoms with Gasteiger partial charge in [-0.25, -0.2) is 8.42 Å². The lowest BCUT2D eigenvalue weighted by Gasteiger charge is -2.36. The van der Waals surface area contributed by atoms with E-state index < -0.39 is 22.5 Å². The fraction of sp³-hybridized carbons (Fsp3) is 0.444. The Morgan fingerprint density at radius 1 is 1.00 bits per heavy atom. The summed E-state index contributed by atoms with van der Waals surface area (Å²) in [6.07, 6.45) is 5.57. The number of carbonyl (C=O) groups is 1. The van der Waals surface area contributed by atoms with Gasteiger partial charge in [0, 0.05) is 45.3 Å². The monoisotopic (exact) mass is 548 g/mol. The number of hydrogen-bond donors (Lipinski definition) is 1. The number of sulfonamides is 1. The number of alkyl halides is 2. The van der Waals surface area contributed by atoms with Crippen LogP contribution in [-0.4, -0.2) is 76.0 Å². The van der Waals surface area contributed by atoms with E-state index in [0.29, 0.717) is 24.3 Å². The fourth-order valence-corrected chi connectivity index (χ4v) is 6.26. The molecule has 0 spiro atoms. The number of halogens is 2. The molecule has 2 heterocycles. The lowest BCUT2D eigenvalue weighted by Crippen LogP contribution is -2.46. The van der Waals surface area contributed by atoms with Crippen molar-refractivity contribution in [2.24, 2.45) is 0 Å². The molecule has 1 N–H and O–H groups in total. The van der Waals surface area contributed by atoms with E-state index in [4.69, 9.17) is 0 Å². The molecule has 2 saturated heterocycles. The first-order chi connectivity index (χ1) is 18.3. The van der Waals surface area contributed by atoms with Crippen LogP contribution in [-0.2, 0) is 14.8 Å². The molecule has 2 aromatic rings. The Morgan fingerprint density at radius 2 is 1.68 bits per heavy atom. The molecule has 0 bridgehead atoms. The molecule has 11 heteroatoms. The summed E-state index contributed by atoms with van der Waals surface area (Å²) >= 11 is 0. The Hall–Kier alpha value is -3.02. The Kier molecular flexibility index (Phi) is 9.35. The summed E-state index contributed by atoms with van der Waals surface area (Å²) in [5, 5.41) is 2.87. The van der Waals surface area contributed by atoms with Crippen LogP contribution in [0, 0.1) is 0 Å². The van der Waals surface area contributed by atoms with Crippen molar-refractivity contribution in [3.05, 3.63) is 54.1 Å².